The molecule has 0 saturated heterocycles. The first-order chi connectivity index (χ1) is 9.26. The number of nitrogens with one attached hydrogen (secondary N) is 1. The Morgan fingerprint density at radius 3 is 3.11 bits per heavy atom. The maximum absolute atomic E-state index is 5.70. The van der Waals surface area contributed by atoms with E-state index < -0.39 is 0 Å². The molecule has 0 aliphatic heterocycles. The smallest absolute Gasteiger partial charge is 0.212 e. The largest absolute Gasteiger partial charge is 0.485 e. The molecule has 1 aliphatic rings. The summed E-state index contributed by atoms with van der Waals surface area (Å²) in [6.45, 7) is 0.349. The fourth-order valence-corrected chi connectivity index (χ4v) is 2.51. The van der Waals surface area contributed by atoms with Crippen molar-refractivity contribution in [1.82, 2.24) is 25.5 Å². The van der Waals surface area contributed by atoms with E-state index in [-0.39, 0.29) is 0 Å². The van der Waals surface area contributed by atoms with Crippen LogP contribution in [0.3, 0.4) is 0 Å². The zero-order chi connectivity index (χ0) is 13.2. The summed E-state index contributed by atoms with van der Waals surface area (Å²) < 4.78 is 5.70. The molecule has 19 heavy (non-hydrogen) atoms. The summed E-state index contributed by atoms with van der Waals surface area (Å²) in [5, 5.41) is 15.1. The average molecular weight is 259 g/mol. The zero-order valence-corrected chi connectivity index (χ0v) is 11.1. The molecule has 2 aromatic rings. The molecule has 1 aromatic carbocycles. The first-order valence-corrected chi connectivity index (χ1v) is 6.42. The van der Waals surface area contributed by atoms with Crippen LogP contribution in [0.15, 0.2) is 18.2 Å². The van der Waals surface area contributed by atoms with Gasteiger partial charge in [0.2, 0.25) is 5.82 Å². The zero-order valence-electron chi connectivity index (χ0n) is 11.1. The van der Waals surface area contributed by atoms with E-state index >= 15 is 0 Å². The molecule has 0 saturated carbocycles. The first-order valence-electron chi connectivity index (χ1n) is 6.42. The monoisotopic (exact) mass is 259 g/mol. The molecular formula is C13H17N5O. The van der Waals surface area contributed by atoms with E-state index in [4.69, 9.17) is 4.74 Å². The lowest BCUT2D eigenvalue weighted by Gasteiger charge is -2.10. The van der Waals surface area contributed by atoms with Gasteiger partial charge < -0.3 is 10.1 Å². The van der Waals surface area contributed by atoms with Crippen LogP contribution in [0.4, 0.5) is 0 Å². The molecule has 1 aliphatic carbocycles. The van der Waals surface area contributed by atoms with Crippen LogP contribution in [0.5, 0.6) is 5.75 Å². The number of hydrogen-bond acceptors (Lipinski definition) is 5. The summed E-state index contributed by atoms with van der Waals surface area (Å²) in [5.41, 5.74) is 2.75. The highest BCUT2D eigenvalue weighted by Crippen LogP contribution is 2.33. The van der Waals surface area contributed by atoms with E-state index in [0.29, 0.717) is 18.5 Å². The van der Waals surface area contributed by atoms with E-state index in [1.807, 2.05) is 13.1 Å². The lowest BCUT2D eigenvalue weighted by atomic mass is 10.1. The molecule has 0 spiro atoms. The average Bonchev–Trinajstić information content (AvgIpc) is 3.01. The van der Waals surface area contributed by atoms with Crippen LogP contribution >= 0.6 is 0 Å². The van der Waals surface area contributed by atoms with Gasteiger partial charge in [0.15, 0.2) is 6.61 Å². The number of aryl methyl sites for hydroxylation is 2. The molecule has 1 unspecified atom stereocenters. The Bertz CT molecular complexity index is 580. The van der Waals surface area contributed by atoms with Gasteiger partial charge in [0.1, 0.15) is 5.75 Å². The Labute approximate surface area is 111 Å². The van der Waals surface area contributed by atoms with Crippen molar-refractivity contribution in [3.63, 3.8) is 0 Å². The number of hydrogen-bond donors (Lipinski definition) is 1. The summed E-state index contributed by atoms with van der Waals surface area (Å²) in [5.74, 6) is 1.46. The van der Waals surface area contributed by atoms with Crippen molar-refractivity contribution in [3.8, 4) is 5.75 Å². The molecule has 6 nitrogen and oxygen atoms in total. The second-order valence-electron chi connectivity index (χ2n) is 4.72. The van der Waals surface area contributed by atoms with Gasteiger partial charge in [-0.2, -0.15) is 4.80 Å². The highest BCUT2D eigenvalue weighted by atomic mass is 16.5. The standard InChI is InChI=1S/C13H17N5O/c1-14-12-6-3-9-7-10(4-5-11(9)12)19-8-13-15-17-18(2)16-13/h4-5,7,12,14H,3,6,8H2,1-2H3. The molecule has 1 aromatic heterocycles. The molecule has 0 amide bonds. The maximum Gasteiger partial charge on any atom is 0.212 e. The Morgan fingerprint density at radius 2 is 2.37 bits per heavy atom. The summed E-state index contributed by atoms with van der Waals surface area (Å²) in [4.78, 5) is 1.43. The third-order valence-electron chi connectivity index (χ3n) is 3.46. The molecule has 0 radical (unpaired) electrons. The fourth-order valence-electron chi connectivity index (χ4n) is 2.51. The van der Waals surface area contributed by atoms with Gasteiger partial charge in [-0.15, -0.1) is 10.2 Å². The van der Waals surface area contributed by atoms with Crippen LogP contribution in [0.1, 0.15) is 29.4 Å². The van der Waals surface area contributed by atoms with Crippen LogP contribution in [0.25, 0.3) is 0 Å². The normalized spacial score (nSPS) is 17.5. The number of ether oxygens (including phenoxy) is 1. The van der Waals surface area contributed by atoms with Gasteiger partial charge in [0, 0.05) is 6.04 Å². The van der Waals surface area contributed by atoms with Crippen molar-refractivity contribution in [1.29, 1.82) is 0 Å². The topological polar surface area (TPSA) is 64.9 Å². The van der Waals surface area contributed by atoms with E-state index in [2.05, 4.69) is 32.9 Å². The number of aromatic nitrogens is 4. The van der Waals surface area contributed by atoms with E-state index in [1.165, 1.54) is 15.9 Å². The molecule has 6 heteroatoms. The highest BCUT2D eigenvalue weighted by molar-refractivity contribution is 5.40. The maximum atomic E-state index is 5.70. The Balaban J connectivity index is 1.69. The van der Waals surface area contributed by atoms with E-state index in [0.717, 1.165) is 18.6 Å². The van der Waals surface area contributed by atoms with Crippen molar-refractivity contribution in [2.75, 3.05) is 7.05 Å². The first kappa shape index (κ1) is 12.1. The van der Waals surface area contributed by atoms with Crippen molar-refractivity contribution in [2.45, 2.75) is 25.5 Å². The van der Waals surface area contributed by atoms with Crippen LogP contribution in [-0.4, -0.2) is 27.3 Å². The Kier molecular flexibility index (Phi) is 3.16. The summed E-state index contributed by atoms with van der Waals surface area (Å²) >= 11 is 0. The molecule has 0 fully saturated rings. The van der Waals surface area contributed by atoms with Crippen molar-refractivity contribution in [3.05, 3.63) is 35.2 Å². The lowest BCUT2D eigenvalue weighted by Crippen LogP contribution is -2.12. The van der Waals surface area contributed by atoms with Crippen molar-refractivity contribution < 1.29 is 4.74 Å². The molecule has 100 valence electrons. The quantitative estimate of drug-likeness (QED) is 0.887. The van der Waals surface area contributed by atoms with Gasteiger partial charge in [0.05, 0.1) is 7.05 Å². The van der Waals surface area contributed by atoms with Crippen LogP contribution in [-0.2, 0) is 20.1 Å². The summed E-state index contributed by atoms with van der Waals surface area (Å²) in [6, 6.07) is 6.74. The predicted octanol–water partition coefficient (Wildman–Crippen LogP) is 0.996. The van der Waals surface area contributed by atoms with Gasteiger partial charge in [-0.1, -0.05) is 6.07 Å². The fraction of sp³-hybridized carbons (Fsp3) is 0.462. The van der Waals surface area contributed by atoms with Gasteiger partial charge in [-0.25, -0.2) is 0 Å². The second-order valence-corrected chi connectivity index (χ2v) is 4.72. The third kappa shape index (κ3) is 2.44. The molecule has 1 N–H and O–H groups in total. The summed E-state index contributed by atoms with van der Waals surface area (Å²) in [7, 11) is 3.74. The summed E-state index contributed by atoms with van der Waals surface area (Å²) in [6.07, 6.45) is 2.25. The minimum atomic E-state index is 0.349. The van der Waals surface area contributed by atoms with E-state index in [1.54, 1.807) is 7.05 Å². The highest BCUT2D eigenvalue weighted by Gasteiger charge is 2.21. The lowest BCUT2D eigenvalue weighted by molar-refractivity contribution is 0.295. The minimum absolute atomic E-state index is 0.349. The molecule has 1 atom stereocenters. The molecule has 3 rings (SSSR count). The van der Waals surface area contributed by atoms with Crippen molar-refractivity contribution >= 4 is 0 Å². The van der Waals surface area contributed by atoms with E-state index in [9.17, 15) is 0 Å². The van der Waals surface area contributed by atoms with Gasteiger partial charge in [0.25, 0.3) is 0 Å². The molecular weight excluding hydrogens is 242 g/mol. The number of tetrazole rings is 1. The molecule has 1 heterocycles. The van der Waals surface area contributed by atoms with Gasteiger partial charge >= 0.3 is 0 Å². The van der Waals surface area contributed by atoms with Crippen LogP contribution < -0.4 is 10.1 Å². The number of rotatable bonds is 4. The number of benzene rings is 1. The SMILES string of the molecule is CNC1CCc2cc(OCc3nnn(C)n3)ccc21. The predicted molar refractivity (Wildman–Crippen MR) is 69.7 cm³/mol. The molecule has 0 bridgehead atoms. The number of nitrogens with zero attached hydrogens (tertiary/aromatic N) is 4. The minimum Gasteiger partial charge on any atom is -0.485 e. The van der Waals surface area contributed by atoms with Crippen LogP contribution in [0, 0.1) is 0 Å². The second kappa shape index (κ2) is 4.97. The van der Waals surface area contributed by atoms with Crippen LogP contribution in [0.2, 0.25) is 0 Å². The number of fused-ring (bicyclic) bond motifs is 1. The Hall–Kier alpha value is -1.95. The van der Waals surface area contributed by atoms with Crippen molar-refractivity contribution in [2.24, 2.45) is 7.05 Å². The van der Waals surface area contributed by atoms with Gasteiger partial charge in [-0.3, -0.25) is 0 Å². The third-order valence-corrected chi connectivity index (χ3v) is 3.46. The Morgan fingerprint density at radius 1 is 1.47 bits per heavy atom. The van der Waals surface area contributed by atoms with Gasteiger partial charge in [-0.05, 0) is 48.4 Å².